The Morgan fingerprint density at radius 1 is 0.812 bits per heavy atom. The molecule has 2 aromatic carbocycles. The third-order valence-electron chi connectivity index (χ3n) is 6.16. The lowest BCUT2D eigenvalue weighted by molar-refractivity contribution is 0.273. The Labute approximate surface area is 190 Å². The van der Waals surface area contributed by atoms with Crippen molar-refractivity contribution in [3.05, 3.63) is 83.7 Å². The molecule has 1 fully saturated rings. The van der Waals surface area contributed by atoms with Gasteiger partial charge in [0, 0.05) is 18.8 Å². The molecule has 170 valence electrons. The van der Waals surface area contributed by atoms with E-state index in [1.54, 1.807) is 32.0 Å². The van der Waals surface area contributed by atoms with Gasteiger partial charge in [0.15, 0.2) is 0 Å². The molecule has 4 rings (SSSR count). The number of rotatable bonds is 6. The van der Waals surface area contributed by atoms with Crippen LogP contribution in [0.5, 0.6) is 0 Å². The van der Waals surface area contributed by atoms with E-state index in [0.29, 0.717) is 24.7 Å². The van der Waals surface area contributed by atoms with Gasteiger partial charge in [-0.15, -0.1) is 0 Å². The molecular weight excluding hydrogens is 444 g/mol. The minimum absolute atomic E-state index is 0.0658. The second-order valence-corrected chi connectivity index (χ2v) is 12.0. The van der Waals surface area contributed by atoms with Gasteiger partial charge in [0.1, 0.15) is 4.90 Å². The van der Waals surface area contributed by atoms with Gasteiger partial charge in [-0.2, -0.15) is 4.31 Å². The largest absolute Gasteiger partial charge is 0.268 e. The molecule has 0 bridgehead atoms. The van der Waals surface area contributed by atoms with Gasteiger partial charge in [0.2, 0.25) is 10.0 Å². The number of aryl methyl sites for hydroxylation is 1. The number of aromatic nitrogens is 1. The van der Waals surface area contributed by atoms with E-state index in [-0.39, 0.29) is 15.5 Å². The number of hydrogen-bond donors (Lipinski definition) is 0. The van der Waals surface area contributed by atoms with E-state index in [4.69, 9.17) is 0 Å². The molecular formula is C24H28N2O4S2. The van der Waals surface area contributed by atoms with E-state index in [1.165, 1.54) is 28.1 Å². The lowest BCUT2D eigenvalue weighted by atomic mass is 9.91. The summed E-state index contributed by atoms with van der Waals surface area (Å²) in [5.41, 5.74) is 1.87. The molecule has 1 aliphatic rings. The summed E-state index contributed by atoms with van der Waals surface area (Å²) in [6.45, 7) is 4.06. The second-order valence-electron chi connectivity index (χ2n) is 8.36. The second kappa shape index (κ2) is 8.84. The van der Waals surface area contributed by atoms with Crippen molar-refractivity contribution in [2.75, 3.05) is 13.1 Å². The van der Waals surface area contributed by atoms with Gasteiger partial charge in [-0.25, -0.2) is 20.8 Å². The first-order valence-electron chi connectivity index (χ1n) is 10.7. The fourth-order valence-corrected chi connectivity index (χ4v) is 7.90. The highest BCUT2D eigenvalue weighted by Gasteiger charge is 2.34. The van der Waals surface area contributed by atoms with Crippen LogP contribution in [0.25, 0.3) is 0 Å². The van der Waals surface area contributed by atoms with Crippen molar-refractivity contribution in [3.63, 3.8) is 0 Å². The summed E-state index contributed by atoms with van der Waals surface area (Å²) in [5.74, 6) is 0.440. The van der Waals surface area contributed by atoms with Crippen LogP contribution in [-0.4, -0.2) is 38.2 Å². The minimum Gasteiger partial charge on any atom is -0.242 e. The molecule has 1 aromatic heterocycles. The first-order chi connectivity index (χ1) is 15.2. The van der Waals surface area contributed by atoms with Gasteiger partial charge in [0.25, 0.3) is 10.0 Å². The number of nitrogens with zero attached hydrogens (tertiary/aromatic N) is 2. The Balaban J connectivity index is 1.56. The molecule has 3 aromatic rings. The van der Waals surface area contributed by atoms with E-state index in [2.05, 4.69) is 12.1 Å². The fraction of sp³-hybridized carbons (Fsp3) is 0.333. The lowest BCUT2D eigenvalue weighted by Crippen LogP contribution is -2.39. The van der Waals surface area contributed by atoms with Crippen LogP contribution < -0.4 is 0 Å². The monoisotopic (exact) mass is 472 g/mol. The number of piperidine rings is 1. The van der Waals surface area contributed by atoms with E-state index < -0.39 is 20.0 Å². The van der Waals surface area contributed by atoms with Crippen molar-refractivity contribution < 1.29 is 16.8 Å². The highest BCUT2D eigenvalue weighted by atomic mass is 32.2. The smallest absolute Gasteiger partial charge is 0.242 e. The van der Waals surface area contributed by atoms with Crippen molar-refractivity contribution in [2.24, 2.45) is 5.92 Å². The van der Waals surface area contributed by atoms with Crippen LogP contribution in [0.4, 0.5) is 0 Å². The van der Waals surface area contributed by atoms with Crippen molar-refractivity contribution in [1.82, 2.24) is 8.28 Å². The molecule has 0 atom stereocenters. The number of sulfonamides is 1. The molecule has 1 saturated heterocycles. The number of benzene rings is 2. The summed E-state index contributed by atoms with van der Waals surface area (Å²) in [4.78, 5) is 0.198. The quantitative estimate of drug-likeness (QED) is 0.544. The van der Waals surface area contributed by atoms with Gasteiger partial charge < -0.3 is 0 Å². The normalized spacial score (nSPS) is 16.3. The van der Waals surface area contributed by atoms with E-state index in [1.807, 2.05) is 18.2 Å². The van der Waals surface area contributed by atoms with Crippen LogP contribution in [-0.2, 0) is 26.5 Å². The van der Waals surface area contributed by atoms with E-state index in [0.717, 1.165) is 23.2 Å². The van der Waals surface area contributed by atoms with Gasteiger partial charge >= 0.3 is 0 Å². The van der Waals surface area contributed by atoms with Crippen molar-refractivity contribution in [1.29, 1.82) is 0 Å². The fourth-order valence-electron chi connectivity index (χ4n) is 4.49. The summed E-state index contributed by atoms with van der Waals surface area (Å²) in [7, 11) is -7.67. The molecule has 8 heteroatoms. The molecule has 0 saturated carbocycles. The van der Waals surface area contributed by atoms with Crippen LogP contribution in [0.2, 0.25) is 0 Å². The Kier molecular flexibility index (Phi) is 6.29. The van der Waals surface area contributed by atoms with Crippen LogP contribution in [0.15, 0.2) is 76.5 Å². The zero-order valence-corrected chi connectivity index (χ0v) is 19.9. The average Bonchev–Trinajstić information content (AvgIpc) is 3.11. The van der Waals surface area contributed by atoms with Gasteiger partial charge in [-0.05, 0) is 62.8 Å². The first-order valence-corrected chi connectivity index (χ1v) is 13.6. The van der Waals surface area contributed by atoms with Crippen LogP contribution in [0.3, 0.4) is 0 Å². The van der Waals surface area contributed by atoms with Gasteiger partial charge in [0.05, 0.1) is 10.6 Å². The molecule has 0 amide bonds. The van der Waals surface area contributed by atoms with E-state index >= 15 is 0 Å². The predicted octanol–water partition coefficient (Wildman–Crippen LogP) is 3.99. The van der Waals surface area contributed by atoms with Crippen molar-refractivity contribution in [3.8, 4) is 0 Å². The molecule has 0 unspecified atom stereocenters. The topological polar surface area (TPSA) is 76.5 Å². The summed E-state index contributed by atoms with van der Waals surface area (Å²) in [6.07, 6.45) is 2.52. The van der Waals surface area contributed by atoms with Crippen molar-refractivity contribution in [2.45, 2.75) is 42.9 Å². The Morgan fingerprint density at radius 3 is 1.97 bits per heavy atom. The molecule has 0 spiro atoms. The van der Waals surface area contributed by atoms with Crippen molar-refractivity contribution >= 4 is 20.0 Å². The lowest BCUT2D eigenvalue weighted by Gasteiger charge is -2.31. The Hall–Kier alpha value is -2.42. The van der Waals surface area contributed by atoms with Gasteiger partial charge in [-0.3, -0.25) is 0 Å². The maximum Gasteiger partial charge on any atom is 0.268 e. The summed E-state index contributed by atoms with van der Waals surface area (Å²) in [5, 5.41) is 0. The van der Waals surface area contributed by atoms with Crippen LogP contribution in [0.1, 0.15) is 29.8 Å². The molecule has 0 radical (unpaired) electrons. The van der Waals surface area contributed by atoms with E-state index in [9.17, 15) is 16.8 Å². The Morgan fingerprint density at radius 2 is 1.38 bits per heavy atom. The highest BCUT2D eigenvalue weighted by molar-refractivity contribution is 7.90. The maximum absolute atomic E-state index is 13.4. The summed E-state index contributed by atoms with van der Waals surface area (Å²) < 4.78 is 55.8. The zero-order chi connectivity index (χ0) is 22.9. The third kappa shape index (κ3) is 4.27. The predicted molar refractivity (Wildman–Crippen MR) is 125 cm³/mol. The zero-order valence-electron chi connectivity index (χ0n) is 18.3. The maximum atomic E-state index is 13.4. The van der Waals surface area contributed by atoms with Crippen LogP contribution in [0, 0.1) is 19.8 Å². The van der Waals surface area contributed by atoms with Gasteiger partial charge in [-0.1, -0.05) is 48.5 Å². The summed E-state index contributed by atoms with van der Waals surface area (Å²) >= 11 is 0. The standard InChI is InChI=1S/C24H28N2O4S2/c1-19-17-24(20(2)26(19)31(27,28)23-11-7-4-8-12-23)32(29,30)25-15-13-22(14-16-25)18-21-9-5-3-6-10-21/h3-12,17,22H,13-16,18H2,1-2H3. The first kappa shape index (κ1) is 22.8. The molecule has 0 aliphatic carbocycles. The SMILES string of the molecule is Cc1cc(S(=O)(=O)N2CCC(Cc3ccccc3)CC2)c(C)n1S(=O)(=O)c1ccccc1. The molecule has 6 nitrogen and oxygen atoms in total. The molecule has 2 heterocycles. The van der Waals surface area contributed by atoms with Crippen LogP contribution >= 0.6 is 0 Å². The molecule has 1 aliphatic heterocycles. The molecule has 0 N–H and O–H groups in total. The highest BCUT2D eigenvalue weighted by Crippen LogP contribution is 2.31. The summed E-state index contributed by atoms with van der Waals surface area (Å²) in [6, 6.07) is 19.8. The average molecular weight is 473 g/mol. The molecule has 32 heavy (non-hydrogen) atoms. The Bertz CT molecular complexity index is 1290. The minimum atomic E-state index is -3.88. The third-order valence-corrected chi connectivity index (χ3v) is 10.1. The number of hydrogen-bond acceptors (Lipinski definition) is 4.